The van der Waals surface area contributed by atoms with Crippen LogP contribution in [0.4, 0.5) is 5.95 Å². The Bertz CT molecular complexity index is 931. The van der Waals surface area contributed by atoms with Crippen molar-refractivity contribution in [3.05, 3.63) is 47.5 Å². The topological polar surface area (TPSA) is 78.0 Å². The van der Waals surface area contributed by atoms with Crippen LogP contribution in [0.3, 0.4) is 0 Å². The molecule has 7 heteroatoms. The summed E-state index contributed by atoms with van der Waals surface area (Å²) in [7, 11) is -3.22. The van der Waals surface area contributed by atoms with E-state index in [-0.39, 0.29) is 4.90 Å². The number of hydrogen-bond acceptors (Lipinski definition) is 4. The van der Waals surface area contributed by atoms with Crippen molar-refractivity contribution in [1.82, 2.24) is 9.55 Å². The molecule has 3 aromatic rings. The molecule has 2 aromatic carbocycles. The average molecular weight is 322 g/mol. The number of benzene rings is 2. The smallest absolute Gasteiger partial charge is 0.205 e. The first-order chi connectivity index (χ1) is 9.86. The molecule has 0 aliphatic rings. The maximum atomic E-state index is 11.5. The Labute approximate surface area is 126 Å². The molecule has 0 bridgehead atoms. The third kappa shape index (κ3) is 2.48. The molecule has 1 heterocycles. The van der Waals surface area contributed by atoms with E-state index < -0.39 is 9.84 Å². The molecule has 0 saturated heterocycles. The van der Waals surface area contributed by atoms with Gasteiger partial charge in [-0.05, 0) is 42.5 Å². The molecule has 108 valence electrons. The highest BCUT2D eigenvalue weighted by atomic mass is 35.5. The molecule has 2 N–H and O–H groups in total. The van der Waals surface area contributed by atoms with Crippen LogP contribution in [0, 0.1) is 0 Å². The maximum Gasteiger partial charge on any atom is 0.205 e. The van der Waals surface area contributed by atoms with Crippen LogP contribution >= 0.6 is 11.6 Å². The summed E-state index contributed by atoms with van der Waals surface area (Å²) in [6, 6.07) is 11.8. The summed E-state index contributed by atoms with van der Waals surface area (Å²) in [5.74, 6) is 0.319. The van der Waals surface area contributed by atoms with E-state index >= 15 is 0 Å². The van der Waals surface area contributed by atoms with Gasteiger partial charge in [-0.15, -0.1) is 0 Å². The summed E-state index contributed by atoms with van der Waals surface area (Å²) in [6.45, 7) is 0. The van der Waals surface area contributed by atoms with Gasteiger partial charge >= 0.3 is 0 Å². The average Bonchev–Trinajstić information content (AvgIpc) is 2.73. The Morgan fingerprint density at radius 3 is 2.43 bits per heavy atom. The Kier molecular flexibility index (Phi) is 3.15. The van der Waals surface area contributed by atoms with Gasteiger partial charge < -0.3 is 5.73 Å². The molecular weight excluding hydrogens is 310 g/mol. The number of sulfone groups is 1. The summed E-state index contributed by atoms with van der Waals surface area (Å²) < 4.78 is 24.7. The molecular formula is C14H12ClN3O2S. The second-order valence-electron chi connectivity index (χ2n) is 4.70. The van der Waals surface area contributed by atoms with E-state index in [0.29, 0.717) is 11.0 Å². The van der Waals surface area contributed by atoms with E-state index in [4.69, 9.17) is 17.3 Å². The summed E-state index contributed by atoms with van der Waals surface area (Å²) in [6.07, 6.45) is 1.17. The van der Waals surface area contributed by atoms with Crippen LogP contribution in [-0.2, 0) is 9.84 Å². The number of aromatic nitrogens is 2. The minimum Gasteiger partial charge on any atom is -0.369 e. The van der Waals surface area contributed by atoms with Crippen molar-refractivity contribution in [2.45, 2.75) is 4.90 Å². The zero-order chi connectivity index (χ0) is 15.2. The van der Waals surface area contributed by atoms with E-state index in [9.17, 15) is 8.42 Å². The van der Waals surface area contributed by atoms with Gasteiger partial charge in [0.15, 0.2) is 9.84 Å². The third-order valence-corrected chi connectivity index (χ3v) is 4.53. The Morgan fingerprint density at radius 1 is 1.14 bits per heavy atom. The molecule has 0 fully saturated rings. The number of halogens is 1. The zero-order valence-electron chi connectivity index (χ0n) is 11.1. The van der Waals surface area contributed by atoms with Crippen LogP contribution in [0.5, 0.6) is 0 Å². The number of hydrogen-bond donors (Lipinski definition) is 1. The predicted octanol–water partition coefficient (Wildman–Crippen LogP) is 2.66. The summed E-state index contributed by atoms with van der Waals surface area (Å²) >= 11 is 6.01. The largest absolute Gasteiger partial charge is 0.369 e. The second-order valence-corrected chi connectivity index (χ2v) is 7.16. The van der Waals surface area contributed by atoms with Gasteiger partial charge in [0.1, 0.15) is 0 Å². The van der Waals surface area contributed by atoms with Crippen molar-refractivity contribution in [3.63, 3.8) is 0 Å². The lowest BCUT2D eigenvalue weighted by Crippen LogP contribution is -2.02. The van der Waals surface area contributed by atoms with Crippen molar-refractivity contribution < 1.29 is 8.42 Å². The molecule has 5 nitrogen and oxygen atoms in total. The van der Waals surface area contributed by atoms with Crippen LogP contribution in [-0.4, -0.2) is 24.2 Å². The first-order valence-corrected chi connectivity index (χ1v) is 8.37. The van der Waals surface area contributed by atoms with Crippen LogP contribution < -0.4 is 5.73 Å². The van der Waals surface area contributed by atoms with Crippen molar-refractivity contribution in [2.75, 3.05) is 12.0 Å². The highest BCUT2D eigenvalue weighted by Crippen LogP contribution is 2.26. The van der Waals surface area contributed by atoms with Crippen LogP contribution in [0.1, 0.15) is 0 Å². The van der Waals surface area contributed by atoms with Gasteiger partial charge in [0.05, 0.1) is 15.9 Å². The van der Waals surface area contributed by atoms with E-state index in [1.165, 1.54) is 6.26 Å². The summed E-state index contributed by atoms with van der Waals surface area (Å²) in [4.78, 5) is 4.52. The minimum atomic E-state index is -3.22. The Hall–Kier alpha value is -2.05. The number of nitrogens with zero attached hydrogens (tertiary/aromatic N) is 2. The molecule has 0 saturated carbocycles. The molecule has 0 spiro atoms. The summed E-state index contributed by atoms with van der Waals surface area (Å²) in [5.41, 5.74) is 8.17. The van der Waals surface area contributed by atoms with Crippen molar-refractivity contribution in [2.24, 2.45) is 0 Å². The fourth-order valence-electron chi connectivity index (χ4n) is 2.18. The zero-order valence-corrected chi connectivity index (χ0v) is 12.7. The lowest BCUT2D eigenvalue weighted by molar-refractivity contribution is 0.602. The number of rotatable bonds is 2. The van der Waals surface area contributed by atoms with Gasteiger partial charge in [0.25, 0.3) is 0 Å². The number of anilines is 1. The van der Waals surface area contributed by atoms with Crippen molar-refractivity contribution >= 4 is 38.4 Å². The number of imidazole rings is 1. The van der Waals surface area contributed by atoms with Crippen LogP contribution in [0.2, 0.25) is 5.02 Å². The van der Waals surface area contributed by atoms with Gasteiger partial charge in [-0.25, -0.2) is 13.4 Å². The van der Waals surface area contributed by atoms with Crippen molar-refractivity contribution in [1.29, 1.82) is 0 Å². The van der Waals surface area contributed by atoms with Gasteiger partial charge in [0.2, 0.25) is 5.95 Å². The van der Waals surface area contributed by atoms with E-state index in [0.717, 1.165) is 16.7 Å². The number of fused-ring (bicyclic) bond motifs is 1. The predicted molar refractivity (Wildman–Crippen MR) is 83.6 cm³/mol. The SMILES string of the molecule is CS(=O)(=O)c1ccc(-n2c(N)nc3ccc(Cl)cc32)cc1. The van der Waals surface area contributed by atoms with E-state index in [2.05, 4.69) is 4.98 Å². The Morgan fingerprint density at radius 2 is 1.81 bits per heavy atom. The lowest BCUT2D eigenvalue weighted by Gasteiger charge is -2.07. The fourth-order valence-corrected chi connectivity index (χ4v) is 2.98. The number of nitrogen functional groups attached to an aromatic ring is 1. The summed E-state index contributed by atoms with van der Waals surface area (Å²) in [5, 5.41) is 0.580. The van der Waals surface area contributed by atoms with Crippen LogP contribution in [0.25, 0.3) is 16.7 Å². The quantitative estimate of drug-likeness (QED) is 0.787. The normalized spacial score (nSPS) is 11.9. The molecule has 3 rings (SSSR count). The van der Waals surface area contributed by atoms with E-state index in [1.807, 2.05) is 0 Å². The molecule has 0 atom stereocenters. The second kappa shape index (κ2) is 4.75. The fraction of sp³-hybridized carbons (Fsp3) is 0.0714. The number of nitrogens with two attached hydrogens (primary N) is 1. The van der Waals surface area contributed by atoms with Gasteiger partial charge in [0, 0.05) is 17.0 Å². The monoisotopic (exact) mass is 321 g/mol. The molecule has 0 unspecified atom stereocenters. The van der Waals surface area contributed by atoms with E-state index in [1.54, 1.807) is 47.0 Å². The first-order valence-electron chi connectivity index (χ1n) is 6.10. The molecule has 1 aromatic heterocycles. The molecule has 0 aliphatic carbocycles. The standard InChI is InChI=1S/C14H12ClN3O2S/c1-21(19,20)11-5-3-10(4-6-11)18-13-8-9(15)2-7-12(13)17-14(18)16/h2-8H,1H3,(H2,16,17). The highest BCUT2D eigenvalue weighted by Gasteiger charge is 2.12. The Balaban J connectivity index is 2.20. The molecule has 0 amide bonds. The van der Waals surface area contributed by atoms with Gasteiger partial charge in [-0.1, -0.05) is 11.6 Å². The molecule has 0 aliphatic heterocycles. The lowest BCUT2D eigenvalue weighted by atomic mass is 10.3. The third-order valence-electron chi connectivity index (χ3n) is 3.17. The first kappa shape index (κ1) is 13.9. The van der Waals surface area contributed by atoms with Gasteiger partial charge in [-0.2, -0.15) is 0 Å². The maximum absolute atomic E-state index is 11.5. The minimum absolute atomic E-state index is 0.257. The van der Waals surface area contributed by atoms with Gasteiger partial charge in [-0.3, -0.25) is 4.57 Å². The van der Waals surface area contributed by atoms with Crippen LogP contribution in [0.15, 0.2) is 47.4 Å². The molecule has 0 radical (unpaired) electrons. The van der Waals surface area contributed by atoms with Crippen molar-refractivity contribution in [3.8, 4) is 5.69 Å². The molecule has 21 heavy (non-hydrogen) atoms. The highest BCUT2D eigenvalue weighted by molar-refractivity contribution is 7.90.